The summed E-state index contributed by atoms with van der Waals surface area (Å²) in [6.45, 7) is 4.28. The molecule has 0 amide bonds. The molecule has 5 heteroatoms. The summed E-state index contributed by atoms with van der Waals surface area (Å²) in [5.41, 5.74) is 6.65. The normalized spacial score (nSPS) is 18.5. The fourth-order valence-electron chi connectivity index (χ4n) is 2.35. The molecule has 1 aliphatic rings. The zero-order chi connectivity index (χ0) is 13.8. The van der Waals surface area contributed by atoms with Crippen LogP contribution in [-0.4, -0.2) is 30.8 Å². The lowest BCUT2D eigenvalue weighted by Gasteiger charge is -2.26. The van der Waals surface area contributed by atoms with Crippen molar-refractivity contribution in [3.05, 3.63) is 29.6 Å². The zero-order valence-corrected chi connectivity index (χ0v) is 11.9. The second kappa shape index (κ2) is 6.30. The molecule has 0 aromatic heterocycles. The maximum Gasteiger partial charge on any atom is 0.147 e. The molecule has 104 valence electrons. The smallest absolute Gasteiger partial charge is 0.147 e. The van der Waals surface area contributed by atoms with Gasteiger partial charge in [0.15, 0.2) is 0 Å². The van der Waals surface area contributed by atoms with Gasteiger partial charge in [0.2, 0.25) is 0 Å². The Hall–Kier alpha value is -1.20. The van der Waals surface area contributed by atoms with Gasteiger partial charge in [-0.05, 0) is 38.0 Å². The van der Waals surface area contributed by atoms with Gasteiger partial charge in [0.25, 0.3) is 0 Å². The summed E-state index contributed by atoms with van der Waals surface area (Å²) in [7, 11) is 0. The van der Waals surface area contributed by atoms with Crippen LogP contribution in [0, 0.1) is 5.82 Å². The molecule has 19 heavy (non-hydrogen) atoms. The molecule has 1 fully saturated rings. The molecular weight excluding hydrogens is 263 g/mol. The van der Waals surface area contributed by atoms with Crippen molar-refractivity contribution in [2.24, 2.45) is 5.73 Å². The van der Waals surface area contributed by atoms with Crippen LogP contribution in [0.4, 0.5) is 10.1 Å². The van der Waals surface area contributed by atoms with Crippen LogP contribution in [0.3, 0.4) is 0 Å². The van der Waals surface area contributed by atoms with Crippen LogP contribution in [0.25, 0.3) is 0 Å². The highest BCUT2D eigenvalue weighted by Gasteiger charge is 2.20. The van der Waals surface area contributed by atoms with E-state index in [4.69, 9.17) is 22.7 Å². The van der Waals surface area contributed by atoms with E-state index in [1.165, 1.54) is 6.07 Å². The van der Waals surface area contributed by atoms with E-state index in [9.17, 15) is 4.39 Å². The minimum atomic E-state index is -0.287. The predicted octanol–water partition coefficient (Wildman–Crippen LogP) is 2.47. The van der Waals surface area contributed by atoms with Crippen molar-refractivity contribution in [3.63, 3.8) is 0 Å². The minimum Gasteiger partial charge on any atom is -0.389 e. The van der Waals surface area contributed by atoms with Gasteiger partial charge in [-0.2, -0.15) is 0 Å². The van der Waals surface area contributed by atoms with Crippen molar-refractivity contribution in [1.29, 1.82) is 0 Å². The highest BCUT2D eigenvalue weighted by atomic mass is 32.1. The van der Waals surface area contributed by atoms with Crippen LogP contribution in [0.2, 0.25) is 0 Å². The molecule has 0 bridgehead atoms. The van der Waals surface area contributed by atoms with E-state index in [1.807, 2.05) is 11.8 Å². The lowest BCUT2D eigenvalue weighted by molar-refractivity contribution is 0.115. The molecule has 0 aliphatic carbocycles. The number of hydrogen-bond acceptors (Lipinski definition) is 3. The highest BCUT2D eigenvalue weighted by molar-refractivity contribution is 7.80. The zero-order valence-electron chi connectivity index (χ0n) is 11.1. The number of nitrogens with zero attached hydrogens (tertiary/aromatic N) is 1. The lowest BCUT2D eigenvalue weighted by atomic mass is 10.1. The molecule has 1 aliphatic heterocycles. The monoisotopic (exact) mass is 282 g/mol. The van der Waals surface area contributed by atoms with Crippen LogP contribution < -0.4 is 10.6 Å². The van der Waals surface area contributed by atoms with Gasteiger partial charge in [0, 0.05) is 25.3 Å². The summed E-state index contributed by atoms with van der Waals surface area (Å²) in [5.74, 6) is -0.287. The molecule has 1 saturated heterocycles. The first-order chi connectivity index (χ1) is 9.11. The van der Waals surface area contributed by atoms with Crippen LogP contribution in [0.1, 0.15) is 25.3 Å². The van der Waals surface area contributed by atoms with Gasteiger partial charge in [-0.1, -0.05) is 12.2 Å². The van der Waals surface area contributed by atoms with Crippen molar-refractivity contribution in [2.45, 2.75) is 25.9 Å². The van der Waals surface area contributed by atoms with Gasteiger partial charge in [-0.15, -0.1) is 0 Å². The Morgan fingerprint density at radius 3 is 2.89 bits per heavy atom. The Bertz CT molecular complexity index is 461. The molecule has 2 rings (SSSR count). The molecule has 1 unspecified atom stereocenters. The summed E-state index contributed by atoms with van der Waals surface area (Å²) in [5, 5.41) is 0. The van der Waals surface area contributed by atoms with Crippen molar-refractivity contribution in [1.82, 2.24) is 0 Å². The Morgan fingerprint density at radius 1 is 1.58 bits per heavy atom. The molecule has 1 aromatic rings. The summed E-state index contributed by atoms with van der Waals surface area (Å²) in [6, 6.07) is 4.90. The maximum absolute atomic E-state index is 14.1. The Balaban J connectivity index is 2.15. The third-order valence-electron chi connectivity index (χ3n) is 3.40. The fourth-order valence-corrected chi connectivity index (χ4v) is 2.48. The van der Waals surface area contributed by atoms with E-state index in [1.54, 1.807) is 12.1 Å². The van der Waals surface area contributed by atoms with E-state index in [-0.39, 0.29) is 16.9 Å². The average Bonchev–Trinajstić information content (AvgIpc) is 2.89. The van der Waals surface area contributed by atoms with Crippen LogP contribution in [0.15, 0.2) is 18.2 Å². The molecular formula is C14H19FN2OS. The Kier molecular flexibility index (Phi) is 4.71. The molecule has 0 saturated carbocycles. The van der Waals surface area contributed by atoms with Crippen molar-refractivity contribution < 1.29 is 9.13 Å². The number of benzene rings is 1. The number of thiocarbonyl (C=S) groups is 1. The van der Waals surface area contributed by atoms with Crippen LogP contribution >= 0.6 is 12.2 Å². The minimum absolute atomic E-state index is 0.203. The van der Waals surface area contributed by atoms with E-state index in [0.717, 1.165) is 32.5 Å². The van der Waals surface area contributed by atoms with E-state index in [0.29, 0.717) is 11.3 Å². The maximum atomic E-state index is 14.1. The number of ether oxygens (including phenoxy) is 1. The van der Waals surface area contributed by atoms with Crippen LogP contribution in [0.5, 0.6) is 0 Å². The third kappa shape index (κ3) is 3.42. The number of hydrogen-bond donors (Lipinski definition) is 1. The predicted molar refractivity (Wildman–Crippen MR) is 79.1 cm³/mol. The summed E-state index contributed by atoms with van der Waals surface area (Å²) < 4.78 is 19.7. The molecule has 2 N–H and O–H groups in total. The number of likely N-dealkylation sites (N-methyl/N-ethyl adjacent to an activating group) is 1. The molecule has 0 radical (unpaired) electrons. The van der Waals surface area contributed by atoms with Gasteiger partial charge in [0.05, 0.1) is 11.8 Å². The van der Waals surface area contributed by atoms with Crippen molar-refractivity contribution >= 4 is 22.9 Å². The molecule has 1 aromatic carbocycles. The molecule has 1 heterocycles. The molecule has 0 spiro atoms. The molecule has 1 atom stereocenters. The van der Waals surface area contributed by atoms with Gasteiger partial charge in [-0.25, -0.2) is 4.39 Å². The quantitative estimate of drug-likeness (QED) is 0.842. The van der Waals surface area contributed by atoms with E-state index < -0.39 is 0 Å². The first-order valence-electron chi connectivity index (χ1n) is 6.57. The number of anilines is 1. The lowest BCUT2D eigenvalue weighted by Crippen LogP contribution is -2.32. The second-order valence-electron chi connectivity index (χ2n) is 4.70. The van der Waals surface area contributed by atoms with Crippen LogP contribution in [-0.2, 0) is 4.74 Å². The first-order valence-corrected chi connectivity index (χ1v) is 6.98. The van der Waals surface area contributed by atoms with Gasteiger partial charge < -0.3 is 15.4 Å². The Labute approximate surface area is 118 Å². The van der Waals surface area contributed by atoms with Crippen molar-refractivity contribution in [3.8, 4) is 0 Å². The van der Waals surface area contributed by atoms with E-state index >= 15 is 0 Å². The molecule has 3 nitrogen and oxygen atoms in total. The first kappa shape index (κ1) is 14.2. The largest absolute Gasteiger partial charge is 0.389 e. The topological polar surface area (TPSA) is 38.5 Å². The Morgan fingerprint density at radius 2 is 2.37 bits per heavy atom. The summed E-state index contributed by atoms with van der Waals surface area (Å²) in [4.78, 5) is 2.21. The second-order valence-corrected chi connectivity index (χ2v) is 5.14. The van der Waals surface area contributed by atoms with Gasteiger partial charge in [0.1, 0.15) is 10.8 Å². The van der Waals surface area contributed by atoms with Gasteiger partial charge in [-0.3, -0.25) is 0 Å². The number of rotatable bonds is 5. The standard InChI is InChI=1S/C14H19FN2OS/c1-2-17(9-11-4-3-7-18-11)13-6-5-10(14(16)19)8-12(13)15/h5-6,8,11H,2-4,7,9H2,1H3,(H2,16,19). The van der Waals surface area contributed by atoms with Crippen molar-refractivity contribution in [2.75, 3.05) is 24.6 Å². The van der Waals surface area contributed by atoms with E-state index in [2.05, 4.69) is 0 Å². The third-order valence-corrected chi connectivity index (χ3v) is 3.64. The number of nitrogens with two attached hydrogens (primary N) is 1. The number of halogens is 1. The SMILES string of the molecule is CCN(CC1CCCO1)c1ccc(C(N)=S)cc1F. The van der Waals surface area contributed by atoms with Gasteiger partial charge >= 0.3 is 0 Å². The fraction of sp³-hybridized carbons (Fsp3) is 0.500. The summed E-state index contributed by atoms with van der Waals surface area (Å²) >= 11 is 4.85. The summed E-state index contributed by atoms with van der Waals surface area (Å²) in [6.07, 6.45) is 2.34. The highest BCUT2D eigenvalue weighted by Crippen LogP contribution is 2.23. The average molecular weight is 282 g/mol.